The number of hydrogen-bond acceptors (Lipinski definition) is 4. The van der Waals surface area contributed by atoms with Gasteiger partial charge in [-0.1, -0.05) is 0 Å². The zero-order valence-electron chi connectivity index (χ0n) is 10.0. The van der Waals surface area contributed by atoms with E-state index in [4.69, 9.17) is 26.1 Å². The van der Waals surface area contributed by atoms with Crippen molar-refractivity contribution in [3.63, 3.8) is 0 Å². The van der Waals surface area contributed by atoms with Crippen LogP contribution in [0.4, 0.5) is 5.69 Å². The van der Waals surface area contributed by atoms with E-state index >= 15 is 0 Å². The Balaban J connectivity index is 1.57. The second-order valence-corrected chi connectivity index (χ2v) is 4.36. The third-order valence-electron chi connectivity index (χ3n) is 2.63. The van der Waals surface area contributed by atoms with Crippen LogP contribution in [-0.4, -0.2) is 11.9 Å². The molecule has 2 N–H and O–H groups in total. The summed E-state index contributed by atoms with van der Waals surface area (Å²) < 4.78 is 15.8. The SMILES string of the molecule is S=C(NCc1ccco1)Nc1ccc2c(c1)OCO2. The van der Waals surface area contributed by atoms with Gasteiger partial charge in [-0.25, -0.2) is 0 Å². The van der Waals surface area contributed by atoms with Crippen molar-refractivity contribution in [2.45, 2.75) is 6.54 Å². The van der Waals surface area contributed by atoms with Gasteiger partial charge in [0.25, 0.3) is 0 Å². The topological polar surface area (TPSA) is 55.7 Å². The van der Waals surface area contributed by atoms with E-state index in [2.05, 4.69) is 10.6 Å². The third kappa shape index (κ3) is 2.79. The first-order valence-electron chi connectivity index (χ1n) is 5.78. The summed E-state index contributed by atoms with van der Waals surface area (Å²) in [6.07, 6.45) is 1.63. The van der Waals surface area contributed by atoms with Crippen molar-refractivity contribution in [1.29, 1.82) is 0 Å². The molecule has 0 saturated heterocycles. The highest BCUT2D eigenvalue weighted by Gasteiger charge is 2.13. The fourth-order valence-corrected chi connectivity index (χ4v) is 1.92. The Kier molecular flexibility index (Phi) is 3.24. The third-order valence-corrected chi connectivity index (χ3v) is 2.88. The molecule has 0 fully saturated rings. The summed E-state index contributed by atoms with van der Waals surface area (Å²) in [6.45, 7) is 0.809. The molecule has 0 saturated carbocycles. The molecule has 1 aromatic heterocycles. The minimum absolute atomic E-state index is 0.264. The van der Waals surface area contributed by atoms with Gasteiger partial charge >= 0.3 is 0 Å². The Morgan fingerprint density at radius 2 is 2.11 bits per heavy atom. The van der Waals surface area contributed by atoms with Crippen LogP contribution >= 0.6 is 12.2 Å². The molecule has 0 aliphatic carbocycles. The van der Waals surface area contributed by atoms with E-state index in [0.29, 0.717) is 11.7 Å². The summed E-state index contributed by atoms with van der Waals surface area (Å²) in [5, 5.41) is 6.66. The molecule has 0 amide bonds. The Bertz CT molecular complexity index is 584. The summed E-state index contributed by atoms with van der Waals surface area (Å²) in [7, 11) is 0. The first-order chi connectivity index (χ1) is 9.31. The lowest BCUT2D eigenvalue weighted by molar-refractivity contribution is 0.174. The van der Waals surface area contributed by atoms with Crippen LogP contribution in [0, 0.1) is 0 Å². The number of nitrogens with one attached hydrogen (secondary N) is 2. The van der Waals surface area contributed by atoms with Gasteiger partial charge in [0.05, 0.1) is 12.8 Å². The zero-order valence-corrected chi connectivity index (χ0v) is 10.8. The molecule has 0 atom stereocenters. The van der Waals surface area contributed by atoms with Crippen molar-refractivity contribution < 1.29 is 13.9 Å². The molecule has 0 unspecified atom stereocenters. The number of ether oxygens (including phenoxy) is 2. The van der Waals surface area contributed by atoms with Crippen LogP contribution in [0.5, 0.6) is 11.5 Å². The lowest BCUT2D eigenvalue weighted by Crippen LogP contribution is -2.27. The molecule has 98 valence electrons. The molecule has 0 bridgehead atoms. The van der Waals surface area contributed by atoms with Crippen molar-refractivity contribution in [1.82, 2.24) is 5.32 Å². The van der Waals surface area contributed by atoms with Gasteiger partial charge in [0.2, 0.25) is 6.79 Å². The molecule has 5 nitrogen and oxygen atoms in total. The van der Waals surface area contributed by atoms with Gasteiger partial charge in [0, 0.05) is 11.8 Å². The van der Waals surface area contributed by atoms with Gasteiger partial charge in [0.15, 0.2) is 16.6 Å². The predicted octanol–water partition coefficient (Wildman–Crippen LogP) is 2.49. The zero-order chi connectivity index (χ0) is 13.1. The van der Waals surface area contributed by atoms with E-state index in [9.17, 15) is 0 Å². The molecule has 3 rings (SSSR count). The van der Waals surface area contributed by atoms with Crippen molar-refractivity contribution in [2.24, 2.45) is 0 Å². The normalized spacial score (nSPS) is 12.2. The van der Waals surface area contributed by atoms with Crippen molar-refractivity contribution >= 4 is 23.0 Å². The number of rotatable bonds is 3. The highest BCUT2D eigenvalue weighted by Crippen LogP contribution is 2.34. The Labute approximate surface area is 115 Å². The van der Waals surface area contributed by atoms with Gasteiger partial charge in [0.1, 0.15) is 5.76 Å². The van der Waals surface area contributed by atoms with Crippen LogP contribution in [0.2, 0.25) is 0 Å². The maximum absolute atomic E-state index is 5.30. The monoisotopic (exact) mass is 276 g/mol. The standard InChI is InChI=1S/C13H12N2O3S/c19-13(14-7-10-2-1-5-16-10)15-9-3-4-11-12(6-9)18-8-17-11/h1-6H,7-8H2,(H2,14,15,19). The van der Waals surface area contributed by atoms with Gasteiger partial charge in [-0.2, -0.15) is 0 Å². The number of hydrogen-bond donors (Lipinski definition) is 2. The summed E-state index contributed by atoms with van der Waals surface area (Å²) in [5.74, 6) is 2.30. The summed E-state index contributed by atoms with van der Waals surface area (Å²) in [4.78, 5) is 0. The molecule has 2 aromatic rings. The van der Waals surface area contributed by atoms with Crippen molar-refractivity contribution in [3.05, 3.63) is 42.4 Å². The molecule has 19 heavy (non-hydrogen) atoms. The number of fused-ring (bicyclic) bond motifs is 1. The number of thiocarbonyl (C=S) groups is 1. The number of benzene rings is 1. The van der Waals surface area contributed by atoms with Crippen LogP contribution in [0.15, 0.2) is 41.0 Å². The van der Waals surface area contributed by atoms with Gasteiger partial charge in [-0.3, -0.25) is 0 Å². The molecule has 1 aromatic carbocycles. The largest absolute Gasteiger partial charge is 0.467 e. The molecule has 1 aliphatic rings. The summed E-state index contributed by atoms with van der Waals surface area (Å²) in [6, 6.07) is 9.30. The summed E-state index contributed by atoms with van der Waals surface area (Å²) in [5.41, 5.74) is 0.848. The van der Waals surface area contributed by atoms with Crippen molar-refractivity contribution in [2.75, 3.05) is 12.1 Å². The van der Waals surface area contributed by atoms with E-state index in [-0.39, 0.29) is 6.79 Å². The average molecular weight is 276 g/mol. The minimum Gasteiger partial charge on any atom is -0.467 e. The summed E-state index contributed by atoms with van der Waals surface area (Å²) >= 11 is 5.20. The van der Waals surface area contributed by atoms with Crippen LogP contribution in [0.1, 0.15) is 5.76 Å². The fourth-order valence-electron chi connectivity index (χ4n) is 1.73. The fraction of sp³-hybridized carbons (Fsp3) is 0.154. The molecule has 6 heteroatoms. The molecular weight excluding hydrogens is 264 g/mol. The molecule has 1 aliphatic heterocycles. The maximum Gasteiger partial charge on any atom is 0.231 e. The first kappa shape index (κ1) is 11.9. The highest BCUT2D eigenvalue weighted by atomic mass is 32.1. The second kappa shape index (κ2) is 5.19. The first-order valence-corrected chi connectivity index (χ1v) is 6.19. The van der Waals surface area contributed by atoms with E-state index in [1.54, 1.807) is 6.26 Å². The van der Waals surface area contributed by atoms with E-state index < -0.39 is 0 Å². The van der Waals surface area contributed by atoms with Gasteiger partial charge in [-0.05, 0) is 36.5 Å². The lowest BCUT2D eigenvalue weighted by Gasteiger charge is -2.09. The van der Waals surface area contributed by atoms with Crippen LogP contribution in [0.3, 0.4) is 0 Å². The molecular formula is C13H12N2O3S. The Hall–Kier alpha value is -2.21. The highest BCUT2D eigenvalue weighted by molar-refractivity contribution is 7.80. The van der Waals surface area contributed by atoms with E-state index in [0.717, 1.165) is 22.9 Å². The number of anilines is 1. The van der Waals surface area contributed by atoms with Crippen LogP contribution in [0.25, 0.3) is 0 Å². The van der Waals surface area contributed by atoms with Crippen LogP contribution < -0.4 is 20.1 Å². The maximum atomic E-state index is 5.30. The van der Waals surface area contributed by atoms with Crippen LogP contribution in [-0.2, 0) is 6.54 Å². The van der Waals surface area contributed by atoms with Crippen molar-refractivity contribution in [3.8, 4) is 11.5 Å². The molecule has 2 heterocycles. The average Bonchev–Trinajstić information content (AvgIpc) is 3.07. The molecule has 0 spiro atoms. The Morgan fingerprint density at radius 1 is 1.21 bits per heavy atom. The van der Waals surface area contributed by atoms with Gasteiger partial charge in [-0.15, -0.1) is 0 Å². The smallest absolute Gasteiger partial charge is 0.231 e. The van der Waals surface area contributed by atoms with E-state index in [1.807, 2.05) is 30.3 Å². The quantitative estimate of drug-likeness (QED) is 0.840. The second-order valence-electron chi connectivity index (χ2n) is 3.96. The number of furan rings is 1. The lowest BCUT2D eigenvalue weighted by atomic mass is 10.3. The molecule has 0 radical (unpaired) electrons. The van der Waals surface area contributed by atoms with Gasteiger partial charge < -0.3 is 24.5 Å². The van der Waals surface area contributed by atoms with E-state index in [1.165, 1.54) is 0 Å². The minimum atomic E-state index is 0.264. The predicted molar refractivity (Wildman–Crippen MR) is 74.3 cm³/mol. The Morgan fingerprint density at radius 3 is 2.95 bits per heavy atom.